The van der Waals surface area contributed by atoms with Crippen molar-refractivity contribution in [3.05, 3.63) is 57.9 Å². The van der Waals surface area contributed by atoms with E-state index in [-0.39, 0.29) is 16.6 Å². The van der Waals surface area contributed by atoms with Gasteiger partial charge in [0.2, 0.25) is 5.82 Å². The number of pyridine rings is 1. The summed E-state index contributed by atoms with van der Waals surface area (Å²) in [4.78, 5) is 18.5. The van der Waals surface area contributed by atoms with Gasteiger partial charge in [0, 0.05) is 29.6 Å². The van der Waals surface area contributed by atoms with E-state index < -0.39 is 4.92 Å². The molecule has 21 heavy (non-hydrogen) atoms. The molecule has 1 aromatic carbocycles. The van der Waals surface area contributed by atoms with Crippen molar-refractivity contribution in [2.75, 3.05) is 0 Å². The Labute approximate surface area is 123 Å². The van der Waals surface area contributed by atoms with E-state index in [1.54, 1.807) is 30.6 Å². The van der Waals surface area contributed by atoms with Gasteiger partial charge in [-0.25, -0.2) is 0 Å². The Hall–Kier alpha value is -2.80. The molecule has 8 heteroatoms. The molecule has 2 aromatic heterocycles. The van der Waals surface area contributed by atoms with Crippen LogP contribution >= 0.6 is 11.6 Å². The highest BCUT2D eigenvalue weighted by molar-refractivity contribution is 6.32. The molecule has 0 unspecified atom stereocenters. The number of nitrogens with zero attached hydrogens (tertiary/aromatic N) is 4. The lowest BCUT2D eigenvalue weighted by Gasteiger charge is -1.97. The van der Waals surface area contributed by atoms with Gasteiger partial charge in [0.1, 0.15) is 5.02 Å². The molecule has 0 amide bonds. The number of hydrogen-bond acceptors (Lipinski definition) is 6. The van der Waals surface area contributed by atoms with Crippen LogP contribution in [0.3, 0.4) is 0 Å². The molecule has 2 heterocycles. The third-order valence-corrected chi connectivity index (χ3v) is 3.06. The molecule has 0 bridgehead atoms. The van der Waals surface area contributed by atoms with Crippen molar-refractivity contribution >= 4 is 17.3 Å². The molecule has 0 spiro atoms. The fourth-order valence-electron chi connectivity index (χ4n) is 1.74. The van der Waals surface area contributed by atoms with Gasteiger partial charge in [-0.05, 0) is 24.3 Å². The van der Waals surface area contributed by atoms with Gasteiger partial charge in [0.15, 0.2) is 0 Å². The maximum Gasteiger partial charge on any atom is 0.288 e. The van der Waals surface area contributed by atoms with Crippen LogP contribution < -0.4 is 0 Å². The number of aromatic nitrogens is 3. The molecule has 0 atom stereocenters. The van der Waals surface area contributed by atoms with Crippen molar-refractivity contribution in [1.82, 2.24) is 15.1 Å². The monoisotopic (exact) mass is 302 g/mol. The van der Waals surface area contributed by atoms with E-state index in [0.29, 0.717) is 17.0 Å². The van der Waals surface area contributed by atoms with Gasteiger partial charge >= 0.3 is 0 Å². The molecule has 3 rings (SSSR count). The number of benzene rings is 1. The predicted octanol–water partition coefficient (Wildman–Crippen LogP) is 3.36. The molecule has 0 fully saturated rings. The number of halogens is 1. The van der Waals surface area contributed by atoms with E-state index in [9.17, 15) is 10.1 Å². The smallest absolute Gasteiger partial charge is 0.288 e. The lowest BCUT2D eigenvalue weighted by molar-refractivity contribution is -0.384. The van der Waals surface area contributed by atoms with E-state index >= 15 is 0 Å². The second-order valence-electron chi connectivity index (χ2n) is 4.09. The molecule has 0 aliphatic carbocycles. The second-order valence-corrected chi connectivity index (χ2v) is 4.50. The third kappa shape index (κ3) is 2.59. The van der Waals surface area contributed by atoms with Gasteiger partial charge in [-0.15, -0.1) is 0 Å². The van der Waals surface area contributed by atoms with Crippen LogP contribution in [0.4, 0.5) is 5.69 Å². The molecule has 104 valence electrons. The summed E-state index contributed by atoms with van der Waals surface area (Å²) < 4.78 is 5.13. The van der Waals surface area contributed by atoms with Gasteiger partial charge in [0.25, 0.3) is 11.6 Å². The summed E-state index contributed by atoms with van der Waals surface area (Å²) >= 11 is 5.76. The Kier molecular flexibility index (Phi) is 3.33. The van der Waals surface area contributed by atoms with E-state index in [1.807, 2.05) is 0 Å². The van der Waals surface area contributed by atoms with Gasteiger partial charge in [-0.2, -0.15) is 4.98 Å². The highest BCUT2D eigenvalue weighted by Gasteiger charge is 2.17. The summed E-state index contributed by atoms with van der Waals surface area (Å²) in [6.45, 7) is 0. The molecular formula is C13H7ClN4O3. The highest BCUT2D eigenvalue weighted by atomic mass is 35.5. The van der Waals surface area contributed by atoms with Crippen LogP contribution in [0.15, 0.2) is 47.2 Å². The molecule has 0 saturated carbocycles. The summed E-state index contributed by atoms with van der Waals surface area (Å²) in [5.41, 5.74) is 0.903. The lowest BCUT2D eigenvalue weighted by atomic mass is 10.2. The first-order valence-corrected chi connectivity index (χ1v) is 6.21. The number of nitro benzene ring substituents is 1. The fraction of sp³-hybridized carbons (Fsp3) is 0. The van der Waals surface area contributed by atoms with Crippen molar-refractivity contribution in [2.24, 2.45) is 0 Å². The number of rotatable bonds is 3. The predicted molar refractivity (Wildman–Crippen MR) is 74.6 cm³/mol. The quantitative estimate of drug-likeness (QED) is 0.544. The topological polar surface area (TPSA) is 95.0 Å². The molecular weight excluding hydrogens is 296 g/mol. The first-order chi connectivity index (χ1) is 10.1. The van der Waals surface area contributed by atoms with E-state index in [4.69, 9.17) is 16.1 Å². The minimum atomic E-state index is -0.565. The molecule has 3 aromatic rings. The Morgan fingerprint density at radius 2 is 2.10 bits per heavy atom. The molecule has 0 aliphatic heterocycles. The van der Waals surface area contributed by atoms with Crippen LogP contribution in [0.2, 0.25) is 5.02 Å². The van der Waals surface area contributed by atoms with E-state index in [0.717, 1.165) is 0 Å². The zero-order valence-corrected chi connectivity index (χ0v) is 11.2. The normalized spacial score (nSPS) is 10.5. The lowest BCUT2D eigenvalue weighted by Crippen LogP contribution is -1.90. The summed E-state index contributed by atoms with van der Waals surface area (Å²) in [5, 5.41) is 14.8. The maximum absolute atomic E-state index is 10.9. The van der Waals surface area contributed by atoms with Crippen LogP contribution in [0.25, 0.3) is 22.8 Å². The Morgan fingerprint density at radius 1 is 1.24 bits per heavy atom. The average molecular weight is 303 g/mol. The Balaban J connectivity index is 2.01. The summed E-state index contributed by atoms with van der Waals surface area (Å²) in [6, 6.07) is 7.83. The van der Waals surface area contributed by atoms with Crippen molar-refractivity contribution < 1.29 is 9.45 Å². The molecule has 7 nitrogen and oxygen atoms in total. The third-order valence-electron chi connectivity index (χ3n) is 2.74. The largest absolute Gasteiger partial charge is 0.334 e. The first-order valence-electron chi connectivity index (χ1n) is 5.83. The van der Waals surface area contributed by atoms with Crippen molar-refractivity contribution in [3.8, 4) is 22.8 Å². The zero-order valence-electron chi connectivity index (χ0n) is 10.4. The SMILES string of the molecule is O=[N+]([O-])c1cc(-c2nc(-c3cccnc3)no2)ccc1Cl. The number of nitro groups is 1. The van der Waals surface area contributed by atoms with E-state index in [2.05, 4.69) is 15.1 Å². The molecule has 0 aliphatic rings. The summed E-state index contributed by atoms with van der Waals surface area (Å²) in [6.07, 6.45) is 3.23. The molecule has 0 saturated heterocycles. The maximum atomic E-state index is 10.9. The van der Waals surface area contributed by atoms with Crippen molar-refractivity contribution in [2.45, 2.75) is 0 Å². The summed E-state index contributed by atoms with van der Waals surface area (Å²) in [5.74, 6) is 0.532. The van der Waals surface area contributed by atoms with Gasteiger partial charge in [-0.3, -0.25) is 15.1 Å². The molecule has 0 radical (unpaired) electrons. The second kappa shape index (κ2) is 5.29. The van der Waals surface area contributed by atoms with Gasteiger partial charge in [0.05, 0.1) is 4.92 Å². The van der Waals surface area contributed by atoms with E-state index in [1.165, 1.54) is 12.1 Å². The van der Waals surface area contributed by atoms with Gasteiger partial charge < -0.3 is 4.52 Å². The Morgan fingerprint density at radius 3 is 2.81 bits per heavy atom. The molecule has 0 N–H and O–H groups in total. The zero-order chi connectivity index (χ0) is 14.8. The highest BCUT2D eigenvalue weighted by Crippen LogP contribution is 2.30. The average Bonchev–Trinajstić information content (AvgIpc) is 2.98. The van der Waals surface area contributed by atoms with Gasteiger partial charge in [-0.1, -0.05) is 16.8 Å². The summed E-state index contributed by atoms with van der Waals surface area (Å²) in [7, 11) is 0. The van der Waals surface area contributed by atoms with Crippen LogP contribution in [-0.4, -0.2) is 20.0 Å². The minimum Gasteiger partial charge on any atom is -0.334 e. The number of hydrogen-bond donors (Lipinski definition) is 0. The Bertz CT molecular complexity index is 804. The first kappa shape index (κ1) is 13.2. The van der Waals surface area contributed by atoms with Crippen LogP contribution in [0.5, 0.6) is 0 Å². The minimum absolute atomic E-state index is 0.0516. The van der Waals surface area contributed by atoms with Crippen LogP contribution in [0, 0.1) is 10.1 Å². The van der Waals surface area contributed by atoms with Crippen LogP contribution in [0.1, 0.15) is 0 Å². The van der Waals surface area contributed by atoms with Crippen LogP contribution in [-0.2, 0) is 0 Å². The van der Waals surface area contributed by atoms with Crippen molar-refractivity contribution in [1.29, 1.82) is 0 Å². The fourth-order valence-corrected chi connectivity index (χ4v) is 1.93. The van der Waals surface area contributed by atoms with Crippen molar-refractivity contribution in [3.63, 3.8) is 0 Å². The standard InChI is InChI=1S/C13H7ClN4O3/c14-10-4-3-8(6-11(10)18(19)20)13-16-12(17-21-13)9-2-1-5-15-7-9/h1-7H.